The van der Waals surface area contributed by atoms with Crippen molar-refractivity contribution in [1.82, 2.24) is 14.9 Å². The molecule has 2 heterocycles. The number of aliphatic hydroxyl groups is 1. The molecule has 2 aromatic carbocycles. The molecule has 1 aromatic heterocycles. The van der Waals surface area contributed by atoms with Crippen molar-refractivity contribution in [3.05, 3.63) is 52.4 Å². The molecule has 0 bridgehead atoms. The number of β-amino-alcohol motifs (C(OH)–C–C–N with tert-alkyl or cyclic N) is 1. The van der Waals surface area contributed by atoms with Gasteiger partial charge in [-0.3, -0.25) is 18.5 Å². The van der Waals surface area contributed by atoms with Crippen molar-refractivity contribution >= 4 is 42.9 Å². The number of imidazole rings is 1. The highest BCUT2D eigenvalue weighted by Gasteiger charge is 2.42. The second kappa shape index (κ2) is 11.1. The molecule has 0 aliphatic carbocycles. The maximum absolute atomic E-state index is 12.5. The van der Waals surface area contributed by atoms with E-state index in [1.54, 1.807) is 10.6 Å². The van der Waals surface area contributed by atoms with Crippen LogP contribution in [-0.2, 0) is 31.6 Å². The fraction of sp³-hybridized carbons (Fsp3) is 0.417. The summed E-state index contributed by atoms with van der Waals surface area (Å²) in [7, 11) is -10.7. The van der Waals surface area contributed by atoms with E-state index < -0.39 is 54.9 Å². The highest BCUT2D eigenvalue weighted by atomic mass is 32.3. The smallest absolute Gasteiger partial charge is 0.326 e. The van der Waals surface area contributed by atoms with Crippen molar-refractivity contribution in [3.8, 4) is 11.5 Å². The molecule has 224 valence electrons. The Morgan fingerprint density at radius 3 is 2.41 bits per heavy atom. The standard InChI is InChI=1S/C24H30N4O11S2/c1-24(2,7-8-28-17-6-4-3-5-15(17)27-23(28)32)25-12-18(30)14-9-13(29)10-16-21(14)39-19(22(31)26-16)11-20(40(33,34)35)41(36,37)38/h3-6,9-10,18-20,25,29-30H,7-8,11-12H2,1-2H3,(H,26,31)(H,27,32)(H,33,34,35)(H,36,37,38). The predicted octanol–water partition coefficient (Wildman–Crippen LogP) is 0.718. The topological polar surface area (TPSA) is 237 Å². The molecule has 0 radical (unpaired) electrons. The number of H-pyrrole nitrogens is 1. The first-order valence-electron chi connectivity index (χ1n) is 12.3. The number of ether oxygens (including phenoxy) is 1. The van der Waals surface area contributed by atoms with Gasteiger partial charge < -0.3 is 30.6 Å². The Bertz CT molecular complexity index is 1710. The van der Waals surface area contributed by atoms with Gasteiger partial charge in [-0.2, -0.15) is 16.8 Å². The molecule has 0 spiro atoms. The average Bonchev–Trinajstić information content (AvgIpc) is 3.17. The van der Waals surface area contributed by atoms with Crippen LogP contribution in [0.25, 0.3) is 11.0 Å². The summed E-state index contributed by atoms with van der Waals surface area (Å²) in [5.74, 6) is -1.52. The quantitative estimate of drug-likeness (QED) is 0.148. The van der Waals surface area contributed by atoms with Crippen molar-refractivity contribution < 1.29 is 45.7 Å². The molecule has 1 amide bonds. The van der Waals surface area contributed by atoms with E-state index in [0.717, 1.165) is 17.6 Å². The fourth-order valence-corrected chi connectivity index (χ4v) is 6.60. The number of nitrogens with one attached hydrogen (secondary N) is 3. The Kier molecular flexibility index (Phi) is 8.23. The van der Waals surface area contributed by atoms with Crippen LogP contribution in [0.2, 0.25) is 0 Å². The van der Waals surface area contributed by atoms with E-state index in [4.69, 9.17) is 4.74 Å². The van der Waals surface area contributed by atoms with Crippen LogP contribution in [0.15, 0.2) is 41.2 Å². The number of carbonyl (C=O) groups excluding carboxylic acids is 1. The summed E-state index contributed by atoms with van der Waals surface area (Å²) in [4.78, 5) is 27.7. The molecule has 0 saturated carbocycles. The zero-order valence-corrected chi connectivity index (χ0v) is 23.6. The summed E-state index contributed by atoms with van der Waals surface area (Å²) in [6.07, 6.45) is -3.83. The first-order chi connectivity index (χ1) is 19.0. The van der Waals surface area contributed by atoms with Gasteiger partial charge >= 0.3 is 5.69 Å². The number of fused-ring (bicyclic) bond motifs is 2. The molecule has 2 unspecified atom stereocenters. The number of rotatable bonds is 11. The maximum atomic E-state index is 12.5. The van der Waals surface area contributed by atoms with Crippen LogP contribution in [0, 0.1) is 0 Å². The van der Waals surface area contributed by atoms with Crippen LogP contribution in [0.4, 0.5) is 5.69 Å². The van der Waals surface area contributed by atoms with E-state index in [-0.39, 0.29) is 35.0 Å². The molecule has 41 heavy (non-hydrogen) atoms. The van der Waals surface area contributed by atoms with Crippen LogP contribution in [-0.4, -0.2) is 74.4 Å². The van der Waals surface area contributed by atoms with Gasteiger partial charge in [0.25, 0.3) is 26.1 Å². The number of carbonyl (C=O) groups is 1. The van der Waals surface area contributed by atoms with Gasteiger partial charge in [0.15, 0.2) is 6.10 Å². The molecule has 4 rings (SSSR count). The Balaban J connectivity index is 1.50. The third-order valence-corrected chi connectivity index (χ3v) is 9.93. The van der Waals surface area contributed by atoms with Crippen molar-refractivity contribution in [1.29, 1.82) is 0 Å². The summed E-state index contributed by atoms with van der Waals surface area (Å²) in [5.41, 5.74) is 0.499. The molecular formula is C24H30N4O11S2. The van der Waals surface area contributed by atoms with E-state index in [1.807, 2.05) is 32.0 Å². The minimum Gasteiger partial charge on any atom is -0.508 e. The lowest BCUT2D eigenvalue weighted by atomic mass is 9.98. The fourth-order valence-electron chi connectivity index (χ4n) is 4.53. The first kappa shape index (κ1) is 30.5. The van der Waals surface area contributed by atoms with Crippen LogP contribution < -0.4 is 21.1 Å². The Morgan fingerprint density at radius 1 is 1.10 bits per heavy atom. The van der Waals surface area contributed by atoms with Gasteiger partial charge in [-0.15, -0.1) is 0 Å². The van der Waals surface area contributed by atoms with Gasteiger partial charge in [-0.25, -0.2) is 4.79 Å². The van der Waals surface area contributed by atoms with Gasteiger partial charge in [0.1, 0.15) is 11.5 Å². The molecule has 17 heteroatoms. The number of hydrogen-bond acceptors (Lipinski definition) is 10. The van der Waals surface area contributed by atoms with Crippen LogP contribution in [0.5, 0.6) is 11.5 Å². The summed E-state index contributed by atoms with van der Waals surface area (Å²) in [6, 6.07) is 9.52. The van der Waals surface area contributed by atoms with E-state index >= 15 is 0 Å². The third kappa shape index (κ3) is 6.88. The SMILES string of the molecule is CC(C)(CCn1c(=O)[nH]c2ccccc21)NCC(O)c1cc(O)cc2c1OC(CC(S(=O)(=O)O)S(=O)(=O)O)C(=O)N2. The summed E-state index contributed by atoms with van der Waals surface area (Å²) < 4.78 is 69.1. The molecule has 7 N–H and O–H groups in total. The summed E-state index contributed by atoms with van der Waals surface area (Å²) in [6.45, 7) is 3.98. The largest absolute Gasteiger partial charge is 0.508 e. The molecular weight excluding hydrogens is 584 g/mol. The maximum Gasteiger partial charge on any atom is 0.326 e. The summed E-state index contributed by atoms with van der Waals surface area (Å²) >= 11 is 0. The number of aromatic nitrogens is 2. The summed E-state index contributed by atoms with van der Waals surface area (Å²) in [5, 5.41) is 26.7. The zero-order chi connectivity index (χ0) is 30.3. The molecule has 15 nitrogen and oxygen atoms in total. The van der Waals surface area contributed by atoms with Gasteiger partial charge in [0.05, 0.1) is 22.8 Å². The molecule has 0 saturated heterocycles. The molecule has 3 aromatic rings. The lowest BCUT2D eigenvalue weighted by molar-refractivity contribution is -0.123. The van der Waals surface area contributed by atoms with Crippen molar-refractivity contribution in [2.24, 2.45) is 0 Å². The van der Waals surface area contributed by atoms with E-state index in [1.165, 1.54) is 0 Å². The number of amides is 1. The second-order valence-corrected chi connectivity index (χ2v) is 13.8. The number of aliphatic hydroxyl groups excluding tert-OH is 1. The van der Waals surface area contributed by atoms with E-state index in [0.29, 0.717) is 18.5 Å². The number of aryl methyl sites for hydroxylation is 1. The number of phenols is 1. The number of benzene rings is 2. The monoisotopic (exact) mass is 614 g/mol. The number of aromatic amines is 1. The van der Waals surface area contributed by atoms with Gasteiger partial charge in [0, 0.05) is 36.7 Å². The minimum atomic E-state index is -5.34. The number of anilines is 1. The molecule has 1 aliphatic rings. The van der Waals surface area contributed by atoms with Crippen molar-refractivity contribution in [2.75, 3.05) is 11.9 Å². The van der Waals surface area contributed by atoms with Crippen LogP contribution in [0.1, 0.15) is 38.4 Å². The highest BCUT2D eigenvalue weighted by Crippen LogP contribution is 2.41. The van der Waals surface area contributed by atoms with Gasteiger partial charge in [-0.05, 0) is 38.5 Å². The van der Waals surface area contributed by atoms with Crippen LogP contribution >= 0.6 is 0 Å². The molecule has 0 fully saturated rings. The van der Waals surface area contributed by atoms with Crippen LogP contribution in [0.3, 0.4) is 0 Å². The lowest BCUT2D eigenvalue weighted by Gasteiger charge is -2.31. The third-order valence-electron chi connectivity index (χ3n) is 6.76. The zero-order valence-electron chi connectivity index (χ0n) is 21.9. The number of aromatic hydroxyl groups is 1. The molecule has 1 aliphatic heterocycles. The minimum absolute atomic E-state index is 0.0172. The van der Waals surface area contributed by atoms with E-state index in [9.17, 15) is 45.7 Å². The normalized spacial score (nSPS) is 16.8. The number of para-hydroxylation sites is 2. The van der Waals surface area contributed by atoms with Gasteiger partial charge in [-0.1, -0.05) is 12.1 Å². The Hall–Kier alpha value is -3.48. The Morgan fingerprint density at radius 2 is 1.76 bits per heavy atom. The van der Waals surface area contributed by atoms with E-state index in [2.05, 4.69) is 15.6 Å². The Labute approximate surface area is 234 Å². The number of phenolic OH excluding ortho intramolecular Hbond substituents is 1. The number of nitrogens with zero attached hydrogens (tertiary/aromatic N) is 1. The lowest BCUT2D eigenvalue weighted by Crippen LogP contribution is -2.44. The average molecular weight is 615 g/mol. The first-order valence-corrected chi connectivity index (χ1v) is 15.3. The predicted molar refractivity (Wildman–Crippen MR) is 147 cm³/mol. The van der Waals surface area contributed by atoms with Gasteiger partial charge in [0.2, 0.25) is 4.58 Å². The number of hydrogen-bond donors (Lipinski definition) is 7. The van der Waals surface area contributed by atoms with Crippen molar-refractivity contribution in [2.45, 2.75) is 55.6 Å². The second-order valence-electron chi connectivity index (χ2n) is 10.3. The highest BCUT2D eigenvalue weighted by molar-refractivity contribution is 8.03. The van der Waals surface area contributed by atoms with Crippen molar-refractivity contribution in [3.63, 3.8) is 0 Å². The molecule has 2 atom stereocenters.